The van der Waals surface area contributed by atoms with Gasteiger partial charge in [0.15, 0.2) is 0 Å². The topological polar surface area (TPSA) is 59.0 Å². The van der Waals surface area contributed by atoms with Crippen LogP contribution in [0.5, 0.6) is 0 Å². The van der Waals surface area contributed by atoms with Crippen LogP contribution in [0.25, 0.3) is 0 Å². The average molecular weight is 236 g/mol. The standard InChI is InChI=1S/C12H20N4O/c1-12(3-6-13-7-4-12)10-14-11(17)9-16-8-2-5-15-16/h2,5,8,13H,3-4,6-7,9-10H2,1H3,(H,14,17). The van der Waals surface area contributed by atoms with Crippen molar-refractivity contribution in [2.75, 3.05) is 19.6 Å². The number of carbonyl (C=O) groups is 1. The third-order valence-electron chi connectivity index (χ3n) is 3.39. The summed E-state index contributed by atoms with van der Waals surface area (Å²) in [5.41, 5.74) is 0.241. The lowest BCUT2D eigenvalue weighted by atomic mass is 9.81. The van der Waals surface area contributed by atoms with E-state index in [0.717, 1.165) is 32.5 Å². The van der Waals surface area contributed by atoms with Crippen molar-refractivity contribution in [2.24, 2.45) is 5.41 Å². The van der Waals surface area contributed by atoms with Crippen LogP contribution >= 0.6 is 0 Å². The van der Waals surface area contributed by atoms with E-state index in [9.17, 15) is 4.79 Å². The van der Waals surface area contributed by atoms with Crippen LogP contribution in [-0.2, 0) is 11.3 Å². The van der Waals surface area contributed by atoms with E-state index in [1.165, 1.54) is 0 Å². The first-order valence-electron chi connectivity index (χ1n) is 6.13. The van der Waals surface area contributed by atoms with Gasteiger partial charge in [-0.3, -0.25) is 9.48 Å². The Balaban J connectivity index is 1.75. The second-order valence-electron chi connectivity index (χ2n) is 5.04. The molecule has 1 aromatic rings. The minimum absolute atomic E-state index is 0.0356. The number of nitrogens with one attached hydrogen (secondary N) is 2. The molecule has 94 valence electrons. The van der Waals surface area contributed by atoms with E-state index in [4.69, 9.17) is 0 Å². The molecule has 2 N–H and O–H groups in total. The maximum absolute atomic E-state index is 11.7. The number of hydrogen-bond donors (Lipinski definition) is 2. The van der Waals surface area contributed by atoms with Crippen LogP contribution < -0.4 is 10.6 Å². The number of carbonyl (C=O) groups excluding carboxylic acids is 1. The van der Waals surface area contributed by atoms with Gasteiger partial charge in [-0.2, -0.15) is 5.10 Å². The molecule has 2 heterocycles. The van der Waals surface area contributed by atoms with Crippen molar-refractivity contribution in [2.45, 2.75) is 26.3 Å². The molecular formula is C12H20N4O. The fourth-order valence-electron chi connectivity index (χ4n) is 2.12. The lowest BCUT2D eigenvalue weighted by molar-refractivity contribution is -0.122. The summed E-state index contributed by atoms with van der Waals surface area (Å²) in [7, 11) is 0. The van der Waals surface area contributed by atoms with Gasteiger partial charge in [-0.1, -0.05) is 6.92 Å². The lowest BCUT2D eigenvalue weighted by Gasteiger charge is -2.34. The zero-order valence-corrected chi connectivity index (χ0v) is 10.3. The molecule has 1 aliphatic heterocycles. The van der Waals surface area contributed by atoms with Crippen molar-refractivity contribution in [3.8, 4) is 0 Å². The van der Waals surface area contributed by atoms with Gasteiger partial charge in [0.25, 0.3) is 0 Å². The maximum atomic E-state index is 11.7. The first-order chi connectivity index (χ1) is 8.18. The van der Waals surface area contributed by atoms with Crippen molar-refractivity contribution >= 4 is 5.91 Å². The molecule has 0 spiro atoms. The predicted octanol–water partition coefficient (Wildman–Crippen LogP) is 0.389. The third kappa shape index (κ3) is 3.56. The maximum Gasteiger partial charge on any atom is 0.241 e. The van der Waals surface area contributed by atoms with Gasteiger partial charge in [-0.15, -0.1) is 0 Å². The molecule has 0 saturated carbocycles. The van der Waals surface area contributed by atoms with Crippen molar-refractivity contribution in [1.82, 2.24) is 20.4 Å². The Morgan fingerprint density at radius 2 is 2.29 bits per heavy atom. The molecule has 5 nitrogen and oxygen atoms in total. The molecule has 2 rings (SSSR count). The fourth-order valence-corrected chi connectivity index (χ4v) is 2.12. The quantitative estimate of drug-likeness (QED) is 0.795. The highest BCUT2D eigenvalue weighted by molar-refractivity contribution is 5.75. The van der Waals surface area contributed by atoms with Crippen LogP contribution in [0.2, 0.25) is 0 Å². The number of rotatable bonds is 4. The number of amides is 1. The van der Waals surface area contributed by atoms with E-state index in [0.29, 0.717) is 6.54 Å². The largest absolute Gasteiger partial charge is 0.354 e. The molecule has 17 heavy (non-hydrogen) atoms. The monoisotopic (exact) mass is 236 g/mol. The van der Waals surface area contributed by atoms with Crippen molar-refractivity contribution in [1.29, 1.82) is 0 Å². The highest BCUT2D eigenvalue weighted by Gasteiger charge is 2.26. The minimum Gasteiger partial charge on any atom is -0.354 e. The molecule has 1 saturated heterocycles. The molecule has 1 aromatic heterocycles. The summed E-state index contributed by atoms with van der Waals surface area (Å²) in [6.45, 7) is 5.40. The summed E-state index contributed by atoms with van der Waals surface area (Å²) >= 11 is 0. The highest BCUT2D eigenvalue weighted by Crippen LogP contribution is 2.26. The van der Waals surface area contributed by atoms with Crippen LogP contribution in [0.4, 0.5) is 0 Å². The average Bonchev–Trinajstić information content (AvgIpc) is 2.80. The summed E-state index contributed by atoms with van der Waals surface area (Å²) in [6, 6.07) is 1.82. The van der Waals surface area contributed by atoms with Gasteiger partial charge < -0.3 is 10.6 Å². The summed E-state index contributed by atoms with van der Waals surface area (Å²) in [4.78, 5) is 11.7. The van der Waals surface area contributed by atoms with Gasteiger partial charge >= 0.3 is 0 Å². The molecule has 0 bridgehead atoms. The fraction of sp³-hybridized carbons (Fsp3) is 0.667. The van der Waals surface area contributed by atoms with E-state index in [2.05, 4.69) is 22.7 Å². The molecule has 1 aliphatic rings. The van der Waals surface area contributed by atoms with Gasteiger partial charge in [0.2, 0.25) is 5.91 Å². The molecule has 0 radical (unpaired) electrons. The van der Waals surface area contributed by atoms with Crippen LogP contribution in [0.3, 0.4) is 0 Å². The van der Waals surface area contributed by atoms with E-state index < -0.39 is 0 Å². The molecule has 5 heteroatoms. The summed E-state index contributed by atoms with van der Waals surface area (Å²) in [5.74, 6) is 0.0356. The van der Waals surface area contributed by atoms with Crippen LogP contribution in [0, 0.1) is 5.41 Å². The van der Waals surface area contributed by atoms with Gasteiger partial charge in [0.1, 0.15) is 6.54 Å². The SMILES string of the molecule is CC1(CNC(=O)Cn2cccn2)CCNCC1. The van der Waals surface area contributed by atoms with E-state index in [1.807, 2.05) is 6.07 Å². The number of hydrogen-bond acceptors (Lipinski definition) is 3. The number of aromatic nitrogens is 2. The summed E-state index contributed by atoms with van der Waals surface area (Å²) in [5, 5.41) is 10.4. The molecule has 0 aromatic carbocycles. The Morgan fingerprint density at radius 3 is 2.94 bits per heavy atom. The van der Waals surface area contributed by atoms with Crippen LogP contribution in [0.15, 0.2) is 18.5 Å². The second-order valence-corrected chi connectivity index (χ2v) is 5.04. The second kappa shape index (κ2) is 5.31. The van der Waals surface area contributed by atoms with Gasteiger partial charge in [0, 0.05) is 18.9 Å². The van der Waals surface area contributed by atoms with Crippen LogP contribution in [0.1, 0.15) is 19.8 Å². The zero-order valence-electron chi connectivity index (χ0n) is 10.3. The zero-order chi connectivity index (χ0) is 12.1. The summed E-state index contributed by atoms with van der Waals surface area (Å²) < 4.78 is 1.64. The first-order valence-corrected chi connectivity index (χ1v) is 6.13. The molecule has 0 unspecified atom stereocenters. The normalized spacial score (nSPS) is 18.9. The molecular weight excluding hydrogens is 216 g/mol. The van der Waals surface area contributed by atoms with E-state index >= 15 is 0 Å². The highest BCUT2D eigenvalue weighted by atomic mass is 16.2. The molecule has 0 aliphatic carbocycles. The Kier molecular flexibility index (Phi) is 3.78. The lowest BCUT2D eigenvalue weighted by Crippen LogP contribution is -2.43. The molecule has 1 fully saturated rings. The Labute approximate surface area is 102 Å². The van der Waals surface area contributed by atoms with Gasteiger partial charge in [-0.05, 0) is 37.4 Å². The third-order valence-corrected chi connectivity index (χ3v) is 3.39. The van der Waals surface area contributed by atoms with Gasteiger partial charge in [-0.25, -0.2) is 0 Å². The van der Waals surface area contributed by atoms with Crippen molar-refractivity contribution in [3.05, 3.63) is 18.5 Å². The minimum atomic E-state index is 0.0356. The van der Waals surface area contributed by atoms with E-state index in [-0.39, 0.29) is 11.3 Å². The number of piperidine rings is 1. The molecule has 1 amide bonds. The summed E-state index contributed by atoms with van der Waals surface area (Å²) in [6.07, 6.45) is 5.72. The Bertz CT molecular complexity index is 355. The smallest absolute Gasteiger partial charge is 0.241 e. The first kappa shape index (κ1) is 12.1. The van der Waals surface area contributed by atoms with Crippen molar-refractivity contribution in [3.63, 3.8) is 0 Å². The Morgan fingerprint density at radius 1 is 1.53 bits per heavy atom. The van der Waals surface area contributed by atoms with E-state index in [1.54, 1.807) is 17.1 Å². The predicted molar refractivity (Wildman–Crippen MR) is 65.4 cm³/mol. The van der Waals surface area contributed by atoms with Crippen LogP contribution in [-0.4, -0.2) is 35.3 Å². The van der Waals surface area contributed by atoms with Gasteiger partial charge in [0.05, 0.1) is 0 Å². The number of nitrogens with zero attached hydrogens (tertiary/aromatic N) is 2. The van der Waals surface area contributed by atoms with Crippen molar-refractivity contribution < 1.29 is 4.79 Å². The molecule has 0 atom stereocenters. The Hall–Kier alpha value is -1.36.